The zero-order valence-corrected chi connectivity index (χ0v) is 12.5. The molecule has 0 spiro atoms. The van der Waals surface area contributed by atoms with Gasteiger partial charge in [-0.3, -0.25) is 0 Å². The molecule has 0 aromatic rings. The second kappa shape index (κ2) is 8.60. The van der Waals surface area contributed by atoms with Crippen LogP contribution in [0.3, 0.4) is 0 Å². The highest BCUT2D eigenvalue weighted by Crippen LogP contribution is 2.36. The molecule has 4 atom stereocenters. The fourth-order valence-electron chi connectivity index (χ4n) is 2.21. The van der Waals surface area contributed by atoms with Gasteiger partial charge in [0.05, 0.1) is 18.8 Å². The molecule has 1 aliphatic carbocycles. The van der Waals surface area contributed by atoms with Gasteiger partial charge < -0.3 is 24.1 Å². The zero-order chi connectivity index (χ0) is 12.7. The molecule has 5 nitrogen and oxygen atoms in total. The summed E-state index contributed by atoms with van der Waals surface area (Å²) >= 11 is 2.30. The van der Waals surface area contributed by atoms with Crippen LogP contribution in [-0.2, 0) is 18.9 Å². The molecular formula is C11H21IO5. The second-order valence-electron chi connectivity index (χ2n) is 4.17. The molecule has 1 N–H and O–H groups in total. The second-order valence-corrected chi connectivity index (χ2v) is 5.05. The first-order valence-corrected chi connectivity index (χ1v) is 7.18. The van der Waals surface area contributed by atoms with E-state index in [1.165, 1.54) is 0 Å². The topological polar surface area (TPSA) is 57.2 Å². The summed E-state index contributed by atoms with van der Waals surface area (Å²) < 4.78 is 21.7. The number of rotatable bonds is 8. The maximum absolute atomic E-state index is 9.97. The third-order valence-electron chi connectivity index (χ3n) is 3.09. The predicted octanol–water partition coefficient (Wildman–Crippen LogP) is 1.03. The Hall–Kier alpha value is 0.530. The fraction of sp³-hybridized carbons (Fsp3) is 1.00. The van der Waals surface area contributed by atoms with Crippen molar-refractivity contribution in [3.8, 4) is 0 Å². The molecule has 0 bridgehead atoms. The molecule has 17 heavy (non-hydrogen) atoms. The van der Waals surface area contributed by atoms with Gasteiger partial charge in [0.2, 0.25) is 0 Å². The van der Waals surface area contributed by atoms with E-state index in [9.17, 15) is 5.11 Å². The van der Waals surface area contributed by atoms with Crippen LogP contribution in [0.15, 0.2) is 0 Å². The van der Waals surface area contributed by atoms with Gasteiger partial charge in [-0.15, -0.1) is 0 Å². The molecule has 0 aromatic heterocycles. The van der Waals surface area contributed by atoms with Gasteiger partial charge in [-0.1, -0.05) is 22.6 Å². The zero-order valence-electron chi connectivity index (χ0n) is 10.3. The number of hydrogen-bond acceptors (Lipinski definition) is 5. The van der Waals surface area contributed by atoms with E-state index in [0.29, 0.717) is 13.0 Å². The molecule has 6 heteroatoms. The first-order chi connectivity index (χ1) is 8.24. The van der Waals surface area contributed by atoms with E-state index in [-0.39, 0.29) is 37.6 Å². The van der Waals surface area contributed by atoms with Crippen molar-refractivity contribution in [2.45, 2.75) is 18.6 Å². The summed E-state index contributed by atoms with van der Waals surface area (Å²) in [5.41, 5.74) is 0. The maximum Gasteiger partial charge on any atom is 0.146 e. The lowest BCUT2D eigenvalue weighted by molar-refractivity contribution is -0.110. The quantitative estimate of drug-likeness (QED) is 0.303. The van der Waals surface area contributed by atoms with Crippen LogP contribution in [0.5, 0.6) is 0 Å². The molecule has 1 rings (SSSR count). The van der Waals surface area contributed by atoms with E-state index in [1.807, 2.05) is 0 Å². The summed E-state index contributed by atoms with van der Waals surface area (Å²) in [6.07, 6.45) is 0.337. The lowest BCUT2D eigenvalue weighted by Crippen LogP contribution is -2.30. The fourth-order valence-corrected chi connectivity index (χ4v) is 3.45. The number of aliphatic hydroxyl groups excluding tert-OH is 1. The molecular weight excluding hydrogens is 339 g/mol. The van der Waals surface area contributed by atoms with Crippen LogP contribution in [0.1, 0.15) is 6.42 Å². The molecule has 0 aromatic carbocycles. The summed E-state index contributed by atoms with van der Waals surface area (Å²) in [6.45, 7) is 1.08. The van der Waals surface area contributed by atoms with Crippen molar-refractivity contribution < 1.29 is 24.1 Å². The smallest absolute Gasteiger partial charge is 0.146 e. The summed E-state index contributed by atoms with van der Waals surface area (Å²) in [6, 6.07) is 0. The molecule has 0 unspecified atom stereocenters. The van der Waals surface area contributed by atoms with Gasteiger partial charge in [-0.25, -0.2) is 0 Å². The van der Waals surface area contributed by atoms with Gasteiger partial charge in [0, 0.05) is 36.9 Å². The third-order valence-corrected chi connectivity index (χ3v) is 4.10. The van der Waals surface area contributed by atoms with Crippen molar-refractivity contribution in [3.63, 3.8) is 0 Å². The minimum Gasteiger partial charge on any atom is -0.393 e. The summed E-state index contributed by atoms with van der Waals surface area (Å²) in [7, 11) is 3.19. The Morgan fingerprint density at radius 1 is 1.18 bits per heavy atom. The van der Waals surface area contributed by atoms with Gasteiger partial charge in [0.25, 0.3) is 0 Å². The van der Waals surface area contributed by atoms with Crippen LogP contribution >= 0.6 is 22.6 Å². The Bertz CT molecular complexity index is 204. The Balaban J connectivity index is 2.49. The first kappa shape index (κ1) is 15.6. The Morgan fingerprint density at radius 3 is 2.47 bits per heavy atom. The van der Waals surface area contributed by atoms with E-state index in [2.05, 4.69) is 22.6 Å². The van der Waals surface area contributed by atoms with E-state index in [0.717, 1.165) is 4.43 Å². The van der Waals surface area contributed by atoms with Crippen LogP contribution in [0.4, 0.5) is 0 Å². The predicted molar refractivity (Wildman–Crippen MR) is 71.1 cm³/mol. The molecule has 0 amide bonds. The molecule has 1 fully saturated rings. The largest absolute Gasteiger partial charge is 0.393 e. The maximum atomic E-state index is 9.97. The Morgan fingerprint density at radius 2 is 1.88 bits per heavy atom. The summed E-state index contributed by atoms with van der Waals surface area (Å²) in [5.74, 6) is 0.418. The number of aliphatic hydroxyl groups is 1. The number of hydrogen-bond donors (Lipinski definition) is 1. The average Bonchev–Trinajstić information content (AvgIpc) is 2.63. The van der Waals surface area contributed by atoms with E-state index >= 15 is 0 Å². The van der Waals surface area contributed by atoms with Crippen LogP contribution < -0.4 is 0 Å². The summed E-state index contributed by atoms with van der Waals surface area (Å²) in [5, 5.41) is 9.97. The average molecular weight is 360 g/mol. The van der Waals surface area contributed by atoms with Crippen LogP contribution in [0.2, 0.25) is 0 Å². The first-order valence-electron chi connectivity index (χ1n) is 5.65. The standard InChI is InChI=1S/C11H21IO5/c1-14-6-16-5-9-8(4-12)10(13)3-11(9)17-7-15-2/h8-11,13H,3-7H2,1-2H3/t8-,9-,10+,11-/m0/s1. The molecule has 1 aliphatic rings. The normalized spacial score (nSPS) is 33.2. The monoisotopic (exact) mass is 360 g/mol. The van der Waals surface area contributed by atoms with Crippen molar-refractivity contribution in [3.05, 3.63) is 0 Å². The lowest BCUT2D eigenvalue weighted by atomic mass is 9.96. The van der Waals surface area contributed by atoms with E-state index in [4.69, 9.17) is 18.9 Å². The van der Waals surface area contributed by atoms with Gasteiger partial charge in [0.15, 0.2) is 0 Å². The van der Waals surface area contributed by atoms with E-state index < -0.39 is 0 Å². The van der Waals surface area contributed by atoms with Crippen molar-refractivity contribution in [2.75, 3.05) is 38.8 Å². The molecule has 102 valence electrons. The number of ether oxygens (including phenoxy) is 4. The third kappa shape index (κ3) is 4.60. The minimum absolute atomic E-state index is 0.00146. The molecule has 1 saturated carbocycles. The number of alkyl halides is 1. The highest BCUT2D eigenvalue weighted by atomic mass is 127. The SMILES string of the molecule is COCOC[C@H]1[C@H](CI)[C@H](O)C[C@@H]1OCOC. The lowest BCUT2D eigenvalue weighted by Gasteiger charge is -2.23. The number of halogens is 1. The van der Waals surface area contributed by atoms with Crippen LogP contribution in [-0.4, -0.2) is 56.2 Å². The van der Waals surface area contributed by atoms with Crippen molar-refractivity contribution >= 4 is 22.6 Å². The molecule has 0 radical (unpaired) electrons. The Labute approximate surface area is 116 Å². The van der Waals surface area contributed by atoms with Crippen molar-refractivity contribution in [1.29, 1.82) is 0 Å². The summed E-state index contributed by atoms with van der Waals surface area (Å²) in [4.78, 5) is 0. The molecule has 0 saturated heterocycles. The van der Waals surface area contributed by atoms with Gasteiger partial charge in [-0.2, -0.15) is 0 Å². The van der Waals surface area contributed by atoms with Crippen molar-refractivity contribution in [2.24, 2.45) is 11.8 Å². The minimum atomic E-state index is -0.315. The van der Waals surface area contributed by atoms with Gasteiger partial charge >= 0.3 is 0 Å². The molecule has 0 heterocycles. The van der Waals surface area contributed by atoms with Gasteiger partial charge in [-0.05, 0) is 0 Å². The number of methoxy groups -OCH3 is 2. The Kier molecular flexibility index (Phi) is 7.89. The highest BCUT2D eigenvalue weighted by Gasteiger charge is 2.42. The van der Waals surface area contributed by atoms with Gasteiger partial charge in [0.1, 0.15) is 13.6 Å². The van der Waals surface area contributed by atoms with Crippen LogP contribution in [0.25, 0.3) is 0 Å². The molecule has 0 aliphatic heterocycles. The van der Waals surface area contributed by atoms with Crippen molar-refractivity contribution in [1.82, 2.24) is 0 Å². The van der Waals surface area contributed by atoms with Crippen LogP contribution in [0, 0.1) is 11.8 Å². The highest BCUT2D eigenvalue weighted by molar-refractivity contribution is 14.1. The van der Waals surface area contributed by atoms with E-state index in [1.54, 1.807) is 14.2 Å².